The molecule has 108 heavy (non-hydrogen) atoms. The molecule has 19 nitrogen and oxygen atoms in total. The topological polar surface area (TPSA) is 254 Å². The Labute approximate surface area is 620 Å². The quantitative estimate of drug-likeness (QED) is 0.0318. The average molecular weight is 1410 g/mol. The van der Waals surface area contributed by atoms with E-state index in [1.165, 1.54) is 18.2 Å². The fourth-order valence-corrected chi connectivity index (χ4v) is 11.4. The van der Waals surface area contributed by atoms with Crippen molar-refractivity contribution in [3.8, 4) is 0 Å². The smallest absolute Gasteiger partial charge is 0.247 e. The molecule has 0 unspecified atom stereocenters. The first-order valence-electron chi connectivity index (χ1n) is 33.7. The number of guanidine groups is 1. The van der Waals surface area contributed by atoms with Gasteiger partial charge in [0.25, 0.3) is 0 Å². The summed E-state index contributed by atoms with van der Waals surface area (Å²) in [6.45, 7) is 0. The number of aliphatic imine (C=N–C) groups is 9. The Morgan fingerprint density at radius 1 is 0.231 bits per heavy atom. The van der Waals surface area contributed by atoms with Gasteiger partial charge in [-0.2, -0.15) is 39.9 Å². The fourth-order valence-electron chi connectivity index (χ4n) is 11.4. The summed E-state index contributed by atoms with van der Waals surface area (Å²) < 4.78 is 0. The molecule has 0 saturated carbocycles. The van der Waals surface area contributed by atoms with E-state index >= 15 is 0 Å². The van der Waals surface area contributed by atoms with Crippen LogP contribution in [0.1, 0.15) is 72.3 Å². The molecule has 0 spiro atoms. The number of isocyanates is 6. The van der Waals surface area contributed by atoms with Gasteiger partial charge in [-0.25, -0.2) is 53.1 Å². The molecule has 13 rings (SSSR count). The molecule has 19 heteroatoms. The molecule has 1 heterocycles. The van der Waals surface area contributed by atoms with Crippen LogP contribution < -0.4 is 9.80 Å². The highest BCUT2D eigenvalue weighted by Gasteiger charge is 2.44. The molecule has 0 atom stereocenters. The number of hydrogen-bond donors (Lipinski definition) is 0. The highest BCUT2D eigenvalue weighted by atomic mass is 16.2. The van der Waals surface area contributed by atoms with Crippen molar-refractivity contribution in [1.82, 2.24) is 0 Å². The van der Waals surface area contributed by atoms with E-state index in [1.54, 1.807) is 113 Å². The van der Waals surface area contributed by atoms with Crippen molar-refractivity contribution in [2.24, 2.45) is 44.9 Å². The Bertz CT molecular complexity index is 5280. The Balaban J connectivity index is 0.000000183. The number of benzene rings is 12. The van der Waals surface area contributed by atoms with Crippen LogP contribution in [0.5, 0.6) is 0 Å². The molecule has 0 radical (unpaired) electrons. The van der Waals surface area contributed by atoms with E-state index < -0.39 is 0 Å². The van der Waals surface area contributed by atoms with Crippen LogP contribution in [0.15, 0.2) is 336 Å². The molecule has 1 fully saturated rings. The third-order valence-corrected chi connectivity index (χ3v) is 16.9. The summed E-state index contributed by atoms with van der Waals surface area (Å²) in [5, 5.41) is 0. The van der Waals surface area contributed by atoms with Crippen molar-refractivity contribution >= 4 is 129 Å². The lowest BCUT2D eigenvalue weighted by Gasteiger charge is -2.42. The molecule has 2 amide bonds. The average Bonchev–Trinajstić information content (AvgIpc) is 0.738. The summed E-state index contributed by atoms with van der Waals surface area (Å²) in [6, 6.07) is 94.1. The highest BCUT2D eigenvalue weighted by Crippen LogP contribution is 2.34. The number of carbonyl (C=O) groups excluding carboxylic acids is 8. The Hall–Kier alpha value is -15.3. The zero-order valence-electron chi connectivity index (χ0n) is 57.7. The first-order chi connectivity index (χ1) is 53.0. The maximum absolute atomic E-state index is 13.9. The van der Waals surface area contributed by atoms with Crippen LogP contribution in [0.4, 0.5) is 67.4 Å². The summed E-state index contributed by atoms with van der Waals surface area (Å²) in [5.74, 6) is 2.28. The van der Waals surface area contributed by atoms with E-state index in [0.29, 0.717) is 76.4 Å². The van der Waals surface area contributed by atoms with Gasteiger partial charge in [0.15, 0.2) is 0 Å². The van der Waals surface area contributed by atoms with Gasteiger partial charge in [0.2, 0.25) is 42.4 Å². The Kier molecular flexibility index (Phi) is 26.1. The summed E-state index contributed by atoms with van der Waals surface area (Å²) in [7, 11) is 0. The Morgan fingerprint density at radius 3 is 0.620 bits per heavy atom. The molecule has 0 N–H and O–H groups in total. The lowest BCUT2D eigenvalue weighted by atomic mass is 10.0. The van der Waals surface area contributed by atoms with E-state index in [4.69, 9.17) is 4.99 Å². The normalized spacial score (nSPS) is 11.1. The number of carbonyl (C=O) groups is 1. The van der Waals surface area contributed by atoms with Crippen molar-refractivity contribution in [2.75, 3.05) is 9.80 Å². The summed E-state index contributed by atoms with van der Waals surface area (Å²) in [5.41, 5.74) is 21.1. The minimum atomic E-state index is -0.224. The fraction of sp³-hybridized carbons (Fsp3) is 0.0674. The molecular weight excluding hydrogens is 1350 g/mol. The molecular formula is C89H61N11O8. The predicted octanol–water partition coefficient (Wildman–Crippen LogP) is 19.5. The van der Waals surface area contributed by atoms with Crippen molar-refractivity contribution in [1.29, 1.82) is 0 Å². The SMILES string of the molecule is O=C=Cc1ccc(Cc2ccc(N3C(=O)N(c4ccc(Cc5ccc(N=C=O)cc5)cc4)C3=Nc3ccc(Cc4ccc(N=C=O)cc4)cc3)cc2)cc1.O=C=Nc1ccc(Cc2ccc(N=C=Nc3ccc(Cc4ccc(N=C=O)cc4)cc3)cc2)cc1.O=C=Nc1ccc(Cc2ccc(N=C=O)cc2)cc1. The molecule has 12 aromatic rings. The van der Waals surface area contributed by atoms with Gasteiger partial charge in [-0.05, 0) is 244 Å². The minimum absolute atomic E-state index is 0.224. The van der Waals surface area contributed by atoms with Gasteiger partial charge in [0.05, 0.1) is 62.6 Å². The van der Waals surface area contributed by atoms with Crippen LogP contribution in [0.2, 0.25) is 0 Å². The largest absolute Gasteiger partial charge is 0.342 e. The first-order valence-corrected chi connectivity index (χ1v) is 33.7. The molecule has 12 aromatic carbocycles. The van der Waals surface area contributed by atoms with Gasteiger partial charge in [0, 0.05) is 6.08 Å². The van der Waals surface area contributed by atoms with Gasteiger partial charge < -0.3 is 0 Å². The van der Waals surface area contributed by atoms with Crippen LogP contribution in [0.3, 0.4) is 0 Å². The number of nitrogens with zero attached hydrogens (tertiary/aromatic N) is 11. The molecule has 1 aliphatic rings. The third-order valence-electron chi connectivity index (χ3n) is 16.9. The van der Waals surface area contributed by atoms with E-state index in [1.807, 2.05) is 218 Å². The number of rotatable bonds is 24. The second-order valence-corrected chi connectivity index (χ2v) is 24.3. The van der Waals surface area contributed by atoms with Gasteiger partial charge in [-0.3, -0.25) is 0 Å². The van der Waals surface area contributed by atoms with Crippen LogP contribution in [-0.2, 0) is 72.1 Å². The van der Waals surface area contributed by atoms with Gasteiger partial charge in [0.1, 0.15) is 11.9 Å². The molecule has 1 aliphatic heterocycles. The maximum Gasteiger partial charge on any atom is 0.342 e. The lowest BCUT2D eigenvalue weighted by molar-refractivity contribution is 0.253. The standard InChI is InChI=1S/C45H31N5O4.C29H20N4O2.C15H10N2O2/c51-26-25-32-1-3-33(4-2-32)27-37-11-21-42(22-12-37)49-44(48-41-19-9-36(10-20-41)28-34-5-15-39(16-6-34)46-30-52)50(45(49)54)43-23-13-38(14-24-43)29-35-7-17-40(18-8-35)47-31-53;34-20-32-28-13-5-24(6-14-28)17-22-1-9-26(10-2-22)30-19-31-27-11-3-23(4-12-27)18-25-7-15-29(16-8-25)33-21-35;18-10-16-14-5-1-12(2-6-14)9-13-3-7-15(8-4-13)17-11-19/h1-25H,27-29H2;1-16H,17-18H2;1-8H,9H2. The second-order valence-electron chi connectivity index (χ2n) is 24.3. The van der Waals surface area contributed by atoms with E-state index in [9.17, 15) is 38.4 Å². The maximum atomic E-state index is 13.9. The molecule has 0 aromatic heterocycles. The molecule has 0 aliphatic carbocycles. The molecule has 0 bridgehead atoms. The number of urea groups is 1. The van der Waals surface area contributed by atoms with Crippen LogP contribution in [0, 0.1) is 0 Å². The van der Waals surface area contributed by atoms with Crippen molar-refractivity contribution in [2.45, 2.75) is 38.5 Å². The molecule has 1 saturated heterocycles. The van der Waals surface area contributed by atoms with E-state index in [2.05, 4.69) is 45.9 Å². The summed E-state index contributed by atoms with van der Waals surface area (Å²) >= 11 is 0. The number of hydrogen-bond acceptors (Lipinski definition) is 17. The monoisotopic (exact) mass is 1410 g/mol. The van der Waals surface area contributed by atoms with Crippen molar-refractivity contribution in [3.05, 3.63) is 364 Å². The third kappa shape index (κ3) is 21.6. The summed E-state index contributed by atoms with van der Waals surface area (Å²) in [4.78, 5) is 125. The lowest BCUT2D eigenvalue weighted by Crippen LogP contribution is -2.65. The number of anilines is 2. The van der Waals surface area contributed by atoms with Crippen molar-refractivity contribution < 1.29 is 38.4 Å². The zero-order chi connectivity index (χ0) is 75.1. The molecule has 520 valence electrons. The van der Waals surface area contributed by atoms with Crippen LogP contribution >= 0.6 is 0 Å². The van der Waals surface area contributed by atoms with Gasteiger partial charge >= 0.3 is 6.03 Å². The van der Waals surface area contributed by atoms with Gasteiger partial charge in [-0.15, -0.1) is 0 Å². The van der Waals surface area contributed by atoms with E-state index in [-0.39, 0.29) is 6.03 Å². The first kappa shape index (κ1) is 73.9. The van der Waals surface area contributed by atoms with Crippen LogP contribution in [-0.4, -0.2) is 60.4 Å². The highest BCUT2D eigenvalue weighted by molar-refractivity contribution is 6.43. The number of amides is 2. The van der Waals surface area contributed by atoms with E-state index in [0.717, 1.165) is 103 Å². The second kappa shape index (κ2) is 38.1. The Morgan fingerprint density at radius 2 is 0.417 bits per heavy atom. The minimum Gasteiger partial charge on any atom is -0.247 e. The zero-order valence-corrected chi connectivity index (χ0v) is 57.7. The predicted molar refractivity (Wildman–Crippen MR) is 418 cm³/mol. The van der Waals surface area contributed by atoms with Gasteiger partial charge in [-0.1, -0.05) is 158 Å². The van der Waals surface area contributed by atoms with Crippen LogP contribution in [0.25, 0.3) is 6.08 Å². The summed E-state index contributed by atoms with van der Waals surface area (Å²) in [6.07, 6.45) is 15.0. The van der Waals surface area contributed by atoms with Crippen molar-refractivity contribution in [3.63, 3.8) is 0 Å².